The summed E-state index contributed by atoms with van der Waals surface area (Å²) in [7, 11) is 1.87. The molecule has 0 aromatic heterocycles. The number of nitrogens with zero attached hydrogens (tertiary/aromatic N) is 2. The van der Waals surface area contributed by atoms with Crippen molar-refractivity contribution < 1.29 is 9.59 Å². The Hall–Kier alpha value is -3.14. The van der Waals surface area contributed by atoms with Gasteiger partial charge in [-0.15, -0.1) is 0 Å². The third-order valence-corrected chi connectivity index (χ3v) is 6.07. The lowest BCUT2D eigenvalue weighted by Crippen LogP contribution is -2.43. The van der Waals surface area contributed by atoms with E-state index in [4.69, 9.17) is 0 Å². The second kappa shape index (κ2) is 8.70. The van der Waals surface area contributed by atoms with Gasteiger partial charge < -0.3 is 9.80 Å². The molecule has 1 heterocycles. The average Bonchev–Trinajstić information content (AvgIpc) is 2.79. The molecule has 0 bridgehead atoms. The van der Waals surface area contributed by atoms with Crippen LogP contribution < -0.4 is 0 Å². The number of hydrogen-bond acceptors (Lipinski definition) is 2. The normalized spacial score (nSPS) is 14.7. The quantitative estimate of drug-likeness (QED) is 0.639. The van der Waals surface area contributed by atoms with E-state index in [9.17, 15) is 9.59 Å². The van der Waals surface area contributed by atoms with Crippen molar-refractivity contribution >= 4 is 22.6 Å². The van der Waals surface area contributed by atoms with Crippen LogP contribution in [0.1, 0.15) is 34.3 Å². The van der Waals surface area contributed by atoms with Crippen LogP contribution in [0.15, 0.2) is 66.7 Å². The van der Waals surface area contributed by atoms with Crippen molar-refractivity contribution in [2.45, 2.75) is 26.3 Å². The molecule has 0 N–H and O–H groups in total. The van der Waals surface area contributed by atoms with Crippen LogP contribution in [0.5, 0.6) is 0 Å². The number of aryl methyl sites for hydroxylation is 1. The lowest BCUT2D eigenvalue weighted by atomic mass is 9.94. The number of hydrogen-bond donors (Lipinski definition) is 0. The van der Waals surface area contributed by atoms with Gasteiger partial charge in [0.05, 0.1) is 0 Å². The van der Waals surface area contributed by atoms with Crippen LogP contribution in [-0.2, 0) is 11.3 Å². The number of benzene rings is 3. The summed E-state index contributed by atoms with van der Waals surface area (Å²) in [6.07, 6.45) is 1.43. The molecule has 0 radical (unpaired) electrons. The summed E-state index contributed by atoms with van der Waals surface area (Å²) in [4.78, 5) is 29.7. The number of likely N-dealkylation sites (tertiary alicyclic amines) is 1. The number of piperidine rings is 1. The molecular formula is C26H28N2O2. The fourth-order valence-corrected chi connectivity index (χ4v) is 4.27. The fourth-order valence-electron chi connectivity index (χ4n) is 4.27. The van der Waals surface area contributed by atoms with Crippen molar-refractivity contribution in [3.05, 3.63) is 83.4 Å². The monoisotopic (exact) mass is 400 g/mol. The van der Waals surface area contributed by atoms with Gasteiger partial charge in [0.25, 0.3) is 5.91 Å². The molecule has 0 unspecified atom stereocenters. The first-order valence-corrected chi connectivity index (χ1v) is 10.6. The Kier molecular flexibility index (Phi) is 5.84. The van der Waals surface area contributed by atoms with E-state index < -0.39 is 0 Å². The topological polar surface area (TPSA) is 40.6 Å². The van der Waals surface area contributed by atoms with Gasteiger partial charge in [0.1, 0.15) is 0 Å². The van der Waals surface area contributed by atoms with Crippen molar-refractivity contribution in [1.29, 1.82) is 0 Å². The van der Waals surface area contributed by atoms with E-state index in [1.54, 1.807) is 0 Å². The Balaban J connectivity index is 1.37. The van der Waals surface area contributed by atoms with Crippen molar-refractivity contribution in [2.24, 2.45) is 5.92 Å². The first-order valence-electron chi connectivity index (χ1n) is 10.6. The summed E-state index contributed by atoms with van der Waals surface area (Å²) in [6, 6.07) is 22.1. The highest BCUT2D eigenvalue weighted by Gasteiger charge is 2.30. The molecule has 1 aliphatic heterocycles. The van der Waals surface area contributed by atoms with E-state index in [1.807, 2.05) is 59.3 Å². The molecule has 3 aromatic carbocycles. The van der Waals surface area contributed by atoms with Gasteiger partial charge in [-0.1, -0.05) is 66.2 Å². The van der Waals surface area contributed by atoms with Gasteiger partial charge >= 0.3 is 0 Å². The highest BCUT2D eigenvalue weighted by molar-refractivity contribution is 6.07. The lowest BCUT2D eigenvalue weighted by molar-refractivity contribution is -0.136. The fraction of sp³-hybridized carbons (Fsp3) is 0.308. The highest BCUT2D eigenvalue weighted by Crippen LogP contribution is 2.25. The zero-order valence-corrected chi connectivity index (χ0v) is 17.7. The van der Waals surface area contributed by atoms with Crippen LogP contribution in [0.3, 0.4) is 0 Å². The van der Waals surface area contributed by atoms with Gasteiger partial charge in [0.2, 0.25) is 5.91 Å². The molecule has 3 aromatic rings. The summed E-state index contributed by atoms with van der Waals surface area (Å²) in [5.41, 5.74) is 3.10. The van der Waals surface area contributed by atoms with E-state index in [2.05, 4.69) is 31.2 Å². The molecule has 154 valence electrons. The Bertz CT molecular complexity index is 1040. The minimum absolute atomic E-state index is 0.0167. The Labute approximate surface area is 178 Å². The number of fused-ring (bicyclic) bond motifs is 1. The second-order valence-electron chi connectivity index (χ2n) is 8.27. The predicted molar refractivity (Wildman–Crippen MR) is 120 cm³/mol. The van der Waals surface area contributed by atoms with Crippen LogP contribution in [0.2, 0.25) is 0 Å². The van der Waals surface area contributed by atoms with Crippen LogP contribution in [0, 0.1) is 12.8 Å². The van der Waals surface area contributed by atoms with E-state index >= 15 is 0 Å². The van der Waals surface area contributed by atoms with Crippen LogP contribution in [0.25, 0.3) is 10.8 Å². The van der Waals surface area contributed by atoms with Gasteiger partial charge in [-0.3, -0.25) is 9.59 Å². The summed E-state index contributed by atoms with van der Waals surface area (Å²) >= 11 is 0. The van der Waals surface area contributed by atoms with Crippen molar-refractivity contribution in [3.8, 4) is 0 Å². The maximum atomic E-state index is 13.1. The van der Waals surface area contributed by atoms with Crippen LogP contribution >= 0.6 is 0 Å². The summed E-state index contributed by atoms with van der Waals surface area (Å²) < 4.78 is 0. The first kappa shape index (κ1) is 20.1. The van der Waals surface area contributed by atoms with Crippen LogP contribution in [-0.4, -0.2) is 41.8 Å². The van der Waals surface area contributed by atoms with Gasteiger partial charge in [-0.2, -0.15) is 0 Å². The summed E-state index contributed by atoms with van der Waals surface area (Å²) in [5.74, 6) is 0.218. The molecule has 30 heavy (non-hydrogen) atoms. The minimum atomic E-state index is -0.0167. The number of carbonyl (C=O) groups is 2. The Morgan fingerprint density at radius 3 is 2.33 bits per heavy atom. The van der Waals surface area contributed by atoms with Gasteiger partial charge in [-0.05, 0) is 42.2 Å². The number of rotatable bonds is 4. The number of carbonyl (C=O) groups excluding carboxylic acids is 2. The van der Waals surface area contributed by atoms with E-state index in [-0.39, 0.29) is 17.7 Å². The lowest BCUT2D eigenvalue weighted by Gasteiger charge is -2.33. The SMILES string of the molecule is Cc1ccc(CN(C)C(=O)C2CCN(C(=O)c3cccc4ccccc34)CC2)cc1. The molecular weight excluding hydrogens is 372 g/mol. The predicted octanol–water partition coefficient (Wildman–Crippen LogP) is 4.66. The zero-order valence-electron chi connectivity index (χ0n) is 17.7. The third-order valence-electron chi connectivity index (χ3n) is 6.07. The molecule has 0 saturated carbocycles. The van der Waals surface area contributed by atoms with Crippen LogP contribution in [0.4, 0.5) is 0 Å². The Morgan fingerprint density at radius 2 is 1.60 bits per heavy atom. The Morgan fingerprint density at radius 1 is 0.933 bits per heavy atom. The first-order chi connectivity index (χ1) is 14.5. The molecule has 4 rings (SSSR count). The smallest absolute Gasteiger partial charge is 0.254 e. The summed E-state index contributed by atoms with van der Waals surface area (Å²) in [6.45, 7) is 3.92. The molecule has 0 atom stereocenters. The molecule has 4 heteroatoms. The molecule has 1 fully saturated rings. The second-order valence-corrected chi connectivity index (χ2v) is 8.27. The molecule has 1 saturated heterocycles. The molecule has 2 amide bonds. The maximum absolute atomic E-state index is 13.1. The van der Waals surface area contributed by atoms with Gasteiger partial charge in [-0.25, -0.2) is 0 Å². The minimum Gasteiger partial charge on any atom is -0.341 e. The van der Waals surface area contributed by atoms with E-state index in [0.717, 1.165) is 21.9 Å². The maximum Gasteiger partial charge on any atom is 0.254 e. The van der Waals surface area contributed by atoms with Gasteiger partial charge in [0, 0.05) is 38.2 Å². The zero-order chi connectivity index (χ0) is 21.1. The van der Waals surface area contributed by atoms with Crippen molar-refractivity contribution in [1.82, 2.24) is 9.80 Å². The molecule has 0 aliphatic carbocycles. The highest BCUT2D eigenvalue weighted by atomic mass is 16.2. The molecule has 0 spiro atoms. The number of amides is 2. The van der Waals surface area contributed by atoms with E-state index in [1.165, 1.54) is 5.56 Å². The molecule has 1 aliphatic rings. The summed E-state index contributed by atoms with van der Waals surface area (Å²) in [5, 5.41) is 2.06. The van der Waals surface area contributed by atoms with Crippen molar-refractivity contribution in [2.75, 3.05) is 20.1 Å². The standard InChI is InChI=1S/C26H28N2O2/c1-19-10-12-20(13-11-19)18-27(2)25(29)22-14-16-28(17-15-22)26(30)24-9-5-7-21-6-3-4-8-23(21)24/h3-13,22H,14-18H2,1-2H3. The van der Waals surface area contributed by atoms with E-state index in [0.29, 0.717) is 32.5 Å². The largest absolute Gasteiger partial charge is 0.341 e. The van der Waals surface area contributed by atoms with Crippen molar-refractivity contribution in [3.63, 3.8) is 0 Å². The average molecular weight is 401 g/mol. The van der Waals surface area contributed by atoms with Gasteiger partial charge in [0.15, 0.2) is 0 Å². The third kappa shape index (κ3) is 4.23. The molecule has 4 nitrogen and oxygen atoms in total.